The van der Waals surface area contributed by atoms with Crippen molar-refractivity contribution < 1.29 is 4.74 Å². The van der Waals surface area contributed by atoms with Crippen molar-refractivity contribution in [1.29, 1.82) is 0 Å². The maximum absolute atomic E-state index is 6.92. The van der Waals surface area contributed by atoms with E-state index in [1.807, 2.05) is 6.07 Å². The van der Waals surface area contributed by atoms with Gasteiger partial charge in [-0.25, -0.2) is 0 Å². The molecule has 0 saturated carbocycles. The number of hydrogen-bond donors (Lipinski definition) is 1. The average molecular weight is 489 g/mol. The number of likely N-dealkylation sites (tertiary alicyclic amines) is 1. The molecule has 0 amide bonds. The van der Waals surface area contributed by atoms with E-state index in [2.05, 4.69) is 79.5 Å². The average Bonchev–Trinajstić information content (AvgIpc) is 3.19. The topological polar surface area (TPSA) is 24.5 Å². The predicted octanol–water partition coefficient (Wildman–Crippen LogP) is 7.27. The van der Waals surface area contributed by atoms with Gasteiger partial charge < -0.3 is 10.1 Å². The van der Waals surface area contributed by atoms with E-state index in [0.717, 1.165) is 49.4 Å². The highest BCUT2D eigenvalue weighted by molar-refractivity contribution is 6.34. The zero-order valence-corrected chi connectivity index (χ0v) is 22.0. The molecular formula is C31H37ClN2O. The van der Waals surface area contributed by atoms with Gasteiger partial charge in [0.15, 0.2) is 0 Å². The fourth-order valence-electron chi connectivity index (χ4n) is 5.83. The van der Waals surface area contributed by atoms with Gasteiger partial charge in [0.2, 0.25) is 0 Å². The van der Waals surface area contributed by atoms with E-state index in [9.17, 15) is 0 Å². The van der Waals surface area contributed by atoms with Crippen LogP contribution in [0.15, 0.2) is 54.6 Å². The van der Waals surface area contributed by atoms with Crippen molar-refractivity contribution in [1.82, 2.24) is 10.2 Å². The first-order valence-electron chi connectivity index (χ1n) is 13.1. The second-order valence-electron chi connectivity index (χ2n) is 10.2. The van der Waals surface area contributed by atoms with Crippen LogP contribution in [0.5, 0.6) is 5.75 Å². The summed E-state index contributed by atoms with van der Waals surface area (Å²) in [5, 5.41) is 4.16. The highest BCUT2D eigenvalue weighted by atomic mass is 35.5. The van der Waals surface area contributed by atoms with Gasteiger partial charge in [-0.1, -0.05) is 60.1 Å². The van der Waals surface area contributed by atoms with Gasteiger partial charge in [0.25, 0.3) is 0 Å². The molecule has 1 saturated heterocycles. The fraction of sp³-hybridized carbons (Fsp3) is 0.419. The number of benzene rings is 3. The molecule has 2 aliphatic rings. The van der Waals surface area contributed by atoms with Crippen molar-refractivity contribution in [2.24, 2.45) is 0 Å². The fourth-order valence-corrected chi connectivity index (χ4v) is 6.12. The Morgan fingerprint density at radius 3 is 2.51 bits per heavy atom. The Morgan fingerprint density at radius 1 is 0.943 bits per heavy atom. The Morgan fingerprint density at radius 2 is 1.69 bits per heavy atom. The highest BCUT2D eigenvalue weighted by Gasteiger charge is 2.26. The van der Waals surface area contributed by atoms with Gasteiger partial charge >= 0.3 is 0 Å². The minimum absolute atomic E-state index is 0.680. The summed E-state index contributed by atoms with van der Waals surface area (Å²) in [7, 11) is 0. The molecule has 35 heavy (non-hydrogen) atoms. The molecule has 184 valence electrons. The summed E-state index contributed by atoms with van der Waals surface area (Å²) < 4.78 is 6.18. The summed E-state index contributed by atoms with van der Waals surface area (Å²) in [5.41, 5.74) is 8.86. The lowest BCUT2D eigenvalue weighted by atomic mass is 9.90. The quantitative estimate of drug-likeness (QED) is 0.354. The molecule has 0 unspecified atom stereocenters. The molecule has 2 heterocycles. The van der Waals surface area contributed by atoms with Crippen molar-refractivity contribution >= 4 is 11.6 Å². The molecular weight excluding hydrogens is 452 g/mol. The van der Waals surface area contributed by atoms with Crippen molar-refractivity contribution in [3.05, 3.63) is 76.3 Å². The lowest BCUT2D eigenvalue weighted by Gasteiger charge is -2.25. The minimum Gasteiger partial charge on any atom is -0.492 e. The third kappa shape index (κ3) is 5.14. The van der Waals surface area contributed by atoms with E-state index in [0.29, 0.717) is 23.7 Å². The smallest absolute Gasteiger partial charge is 0.138 e. The first kappa shape index (κ1) is 24.4. The standard InChI is InChI=1S/C31H37ClN2O/c1-21-11-12-22(2)34(21)17-6-18-35-30-10-5-9-29(31(30)32)28-8-4-7-27(23(28)3)25-13-14-26-20-33-16-15-24(26)19-25/h4-5,7-10,13-14,19,21-22,33H,6,11-12,15-18,20H2,1-3H3/t21-,22-/m1/s1. The largest absolute Gasteiger partial charge is 0.492 e. The summed E-state index contributed by atoms with van der Waals surface area (Å²) in [6.45, 7) is 10.7. The van der Waals surface area contributed by atoms with Crippen LogP contribution in [0.1, 0.15) is 49.8 Å². The number of nitrogens with one attached hydrogen (secondary N) is 1. The summed E-state index contributed by atoms with van der Waals surface area (Å²) in [4.78, 5) is 2.60. The molecule has 3 nitrogen and oxygen atoms in total. The predicted molar refractivity (Wildman–Crippen MR) is 147 cm³/mol. The van der Waals surface area contributed by atoms with Crippen LogP contribution in [0.2, 0.25) is 5.02 Å². The third-order valence-corrected chi connectivity index (χ3v) is 8.33. The third-order valence-electron chi connectivity index (χ3n) is 7.94. The van der Waals surface area contributed by atoms with Gasteiger partial charge in [0.05, 0.1) is 11.6 Å². The van der Waals surface area contributed by atoms with Gasteiger partial charge in [0.1, 0.15) is 5.75 Å². The lowest BCUT2D eigenvalue weighted by molar-refractivity contribution is 0.192. The highest BCUT2D eigenvalue weighted by Crippen LogP contribution is 2.39. The van der Waals surface area contributed by atoms with Crippen LogP contribution in [0.4, 0.5) is 0 Å². The zero-order valence-electron chi connectivity index (χ0n) is 21.2. The van der Waals surface area contributed by atoms with E-state index < -0.39 is 0 Å². The molecule has 4 heteroatoms. The van der Waals surface area contributed by atoms with Crippen LogP contribution in [0.3, 0.4) is 0 Å². The molecule has 0 aromatic heterocycles. The molecule has 5 rings (SSSR count). The van der Waals surface area contributed by atoms with E-state index in [4.69, 9.17) is 16.3 Å². The van der Waals surface area contributed by atoms with Crippen LogP contribution in [0, 0.1) is 6.92 Å². The van der Waals surface area contributed by atoms with Crippen LogP contribution < -0.4 is 10.1 Å². The number of nitrogens with zero attached hydrogens (tertiary/aromatic N) is 1. The summed E-state index contributed by atoms with van der Waals surface area (Å²) >= 11 is 6.92. The maximum Gasteiger partial charge on any atom is 0.138 e. The SMILES string of the molecule is Cc1c(-c2ccc3c(c2)CCNC3)cccc1-c1cccc(OCCCN2[C@H](C)CC[C@H]2C)c1Cl. The van der Waals surface area contributed by atoms with Crippen molar-refractivity contribution in [3.63, 3.8) is 0 Å². The minimum atomic E-state index is 0.680. The molecule has 0 spiro atoms. The Balaban J connectivity index is 1.34. The molecule has 3 aromatic carbocycles. The van der Waals surface area contributed by atoms with E-state index in [-0.39, 0.29) is 0 Å². The number of ether oxygens (including phenoxy) is 1. The molecule has 0 aliphatic carbocycles. The second-order valence-corrected chi connectivity index (χ2v) is 10.6. The number of fused-ring (bicyclic) bond motifs is 1. The number of rotatable bonds is 7. The molecule has 2 aliphatic heterocycles. The second kappa shape index (κ2) is 10.7. The Kier molecular flexibility index (Phi) is 7.48. The first-order chi connectivity index (χ1) is 17.0. The Hall–Kier alpha value is -2.33. The monoisotopic (exact) mass is 488 g/mol. The van der Waals surface area contributed by atoms with E-state index in [1.165, 1.54) is 40.7 Å². The number of halogens is 1. The number of hydrogen-bond acceptors (Lipinski definition) is 3. The molecule has 1 N–H and O–H groups in total. The zero-order chi connectivity index (χ0) is 24.4. The van der Waals surface area contributed by atoms with Crippen molar-refractivity contribution in [2.75, 3.05) is 19.7 Å². The molecule has 1 fully saturated rings. The van der Waals surface area contributed by atoms with E-state index in [1.54, 1.807) is 0 Å². The maximum atomic E-state index is 6.92. The van der Waals surface area contributed by atoms with Gasteiger partial charge in [0, 0.05) is 30.7 Å². The van der Waals surface area contributed by atoms with Crippen molar-refractivity contribution in [3.8, 4) is 28.0 Å². The van der Waals surface area contributed by atoms with Crippen molar-refractivity contribution in [2.45, 2.75) is 65.1 Å². The first-order valence-corrected chi connectivity index (χ1v) is 13.5. The molecule has 3 aromatic rings. The van der Waals surface area contributed by atoms with Gasteiger partial charge in [-0.3, -0.25) is 4.90 Å². The summed E-state index contributed by atoms with van der Waals surface area (Å²) in [6, 6.07) is 20.9. The van der Waals surface area contributed by atoms with Gasteiger partial charge in [-0.15, -0.1) is 0 Å². The van der Waals surface area contributed by atoms with Crippen LogP contribution in [0.25, 0.3) is 22.3 Å². The summed E-state index contributed by atoms with van der Waals surface area (Å²) in [6.07, 6.45) is 4.70. The van der Waals surface area contributed by atoms with Crippen LogP contribution in [-0.2, 0) is 13.0 Å². The van der Waals surface area contributed by atoms with Crippen LogP contribution in [-0.4, -0.2) is 36.7 Å². The molecule has 2 atom stereocenters. The molecule has 0 bridgehead atoms. The molecule has 0 radical (unpaired) electrons. The Bertz CT molecular complexity index is 1180. The Labute approximate surface area is 215 Å². The van der Waals surface area contributed by atoms with E-state index >= 15 is 0 Å². The lowest BCUT2D eigenvalue weighted by Crippen LogP contribution is -2.34. The normalized spacial score (nSPS) is 20.1. The summed E-state index contributed by atoms with van der Waals surface area (Å²) in [5.74, 6) is 0.776. The van der Waals surface area contributed by atoms with Crippen LogP contribution >= 0.6 is 11.6 Å². The van der Waals surface area contributed by atoms with Gasteiger partial charge in [-0.05, 0) is 92.4 Å². The van der Waals surface area contributed by atoms with Gasteiger partial charge in [-0.2, -0.15) is 0 Å².